The highest BCUT2D eigenvalue weighted by Gasteiger charge is 2.56. The second-order valence-corrected chi connectivity index (χ2v) is 6.84. The summed E-state index contributed by atoms with van der Waals surface area (Å²) in [4.78, 5) is 24.7. The van der Waals surface area contributed by atoms with Gasteiger partial charge in [0.1, 0.15) is 5.41 Å². The van der Waals surface area contributed by atoms with Crippen molar-refractivity contribution in [2.45, 2.75) is 46.0 Å². The Hall–Kier alpha value is -1.36. The van der Waals surface area contributed by atoms with Crippen molar-refractivity contribution in [1.29, 1.82) is 0 Å². The molecule has 0 aliphatic heterocycles. The second kappa shape index (κ2) is 7.27. The maximum absolute atomic E-state index is 12.5. The molecule has 22 heavy (non-hydrogen) atoms. The molecule has 1 aliphatic carbocycles. The Labute approximate surface area is 140 Å². The minimum absolute atomic E-state index is 0.135. The number of benzene rings is 1. The predicted molar refractivity (Wildman–Crippen MR) is 91.7 cm³/mol. The zero-order valence-electron chi connectivity index (χ0n) is 13.2. The molecule has 2 N–H and O–H groups in total. The van der Waals surface area contributed by atoms with Crippen LogP contribution in [0.3, 0.4) is 0 Å². The van der Waals surface area contributed by atoms with Gasteiger partial charge in [-0.2, -0.15) is 0 Å². The molecule has 0 radical (unpaired) electrons. The summed E-state index contributed by atoms with van der Waals surface area (Å²) < 4.78 is 0.833. The normalized spacial score (nSPS) is 15.2. The van der Waals surface area contributed by atoms with Gasteiger partial charge in [0.25, 0.3) is 0 Å². The highest BCUT2D eigenvalue weighted by Crippen LogP contribution is 2.47. The van der Waals surface area contributed by atoms with Crippen LogP contribution in [0.1, 0.15) is 44.6 Å². The van der Waals surface area contributed by atoms with Crippen molar-refractivity contribution in [3.63, 3.8) is 0 Å². The van der Waals surface area contributed by atoms with Crippen LogP contribution in [0.2, 0.25) is 0 Å². The monoisotopic (exact) mass is 366 g/mol. The average molecular weight is 367 g/mol. The zero-order valence-corrected chi connectivity index (χ0v) is 14.8. The molecule has 2 amide bonds. The molecule has 1 aliphatic rings. The molecular formula is C17H23BrN2O2. The molecule has 0 heterocycles. The van der Waals surface area contributed by atoms with Crippen LogP contribution in [-0.2, 0) is 9.59 Å². The van der Waals surface area contributed by atoms with E-state index in [0.29, 0.717) is 25.1 Å². The van der Waals surface area contributed by atoms with Gasteiger partial charge >= 0.3 is 0 Å². The minimum Gasteiger partial charge on any atom is -0.355 e. The van der Waals surface area contributed by atoms with E-state index in [4.69, 9.17) is 0 Å². The van der Waals surface area contributed by atoms with Crippen LogP contribution in [0.5, 0.6) is 0 Å². The smallest absolute Gasteiger partial charge is 0.240 e. The number of carbonyl (C=O) groups is 2. The standard InChI is InChI=1S/C17H23BrN2O2/c1-3-4-5-10-19-15(21)17(8-9-17)16(22)20-14-7-6-12(2)11-13(14)18/h6-7,11H,3-5,8-10H2,1-2H3,(H,19,21)(H,20,22). The fraction of sp³-hybridized carbons (Fsp3) is 0.529. The SMILES string of the molecule is CCCCCNC(=O)C1(C(=O)Nc2ccc(C)cc2Br)CC1. The lowest BCUT2D eigenvalue weighted by atomic mass is 10.0. The highest BCUT2D eigenvalue weighted by molar-refractivity contribution is 9.10. The lowest BCUT2D eigenvalue weighted by Crippen LogP contribution is -2.40. The zero-order chi connectivity index (χ0) is 16.2. The van der Waals surface area contributed by atoms with Gasteiger partial charge in [0.15, 0.2) is 0 Å². The van der Waals surface area contributed by atoms with E-state index in [2.05, 4.69) is 33.5 Å². The van der Waals surface area contributed by atoms with Crippen molar-refractivity contribution in [2.75, 3.05) is 11.9 Å². The van der Waals surface area contributed by atoms with Crippen LogP contribution in [0, 0.1) is 12.3 Å². The van der Waals surface area contributed by atoms with E-state index in [1.807, 2.05) is 25.1 Å². The van der Waals surface area contributed by atoms with Crippen molar-refractivity contribution < 1.29 is 9.59 Å². The van der Waals surface area contributed by atoms with Gasteiger partial charge in [0.2, 0.25) is 11.8 Å². The quantitative estimate of drug-likeness (QED) is 0.569. The van der Waals surface area contributed by atoms with Gasteiger partial charge in [-0.25, -0.2) is 0 Å². The van der Waals surface area contributed by atoms with Gasteiger partial charge in [-0.3, -0.25) is 9.59 Å². The third kappa shape index (κ3) is 3.88. The summed E-state index contributed by atoms with van der Waals surface area (Å²) in [5, 5.41) is 5.78. The Morgan fingerprint density at radius 3 is 2.55 bits per heavy atom. The Morgan fingerprint density at radius 2 is 1.95 bits per heavy atom. The van der Waals surface area contributed by atoms with Gasteiger partial charge < -0.3 is 10.6 Å². The third-order valence-electron chi connectivity index (χ3n) is 4.06. The Morgan fingerprint density at radius 1 is 1.23 bits per heavy atom. The van der Waals surface area contributed by atoms with Gasteiger partial charge in [-0.05, 0) is 59.8 Å². The Bertz CT molecular complexity index is 568. The van der Waals surface area contributed by atoms with E-state index >= 15 is 0 Å². The number of rotatable bonds is 7. The first kappa shape index (κ1) is 17.0. The first-order valence-corrected chi connectivity index (χ1v) is 8.65. The number of amides is 2. The number of hydrogen-bond donors (Lipinski definition) is 2. The van der Waals surface area contributed by atoms with Gasteiger partial charge in [0.05, 0.1) is 5.69 Å². The van der Waals surface area contributed by atoms with E-state index in [0.717, 1.165) is 29.3 Å². The summed E-state index contributed by atoms with van der Waals surface area (Å²) in [5.41, 5.74) is 0.955. The van der Waals surface area contributed by atoms with Crippen LogP contribution in [0.4, 0.5) is 5.69 Å². The Balaban J connectivity index is 1.95. The molecule has 5 heteroatoms. The molecule has 0 aromatic heterocycles. The average Bonchev–Trinajstić information content (AvgIpc) is 3.28. The molecular weight excluding hydrogens is 344 g/mol. The number of carbonyl (C=O) groups excluding carboxylic acids is 2. The van der Waals surface area contributed by atoms with Crippen molar-refractivity contribution in [3.05, 3.63) is 28.2 Å². The lowest BCUT2D eigenvalue weighted by molar-refractivity contribution is -0.134. The number of unbranched alkanes of at least 4 members (excludes halogenated alkanes) is 2. The predicted octanol–water partition coefficient (Wildman–Crippen LogP) is 3.78. The first-order valence-electron chi connectivity index (χ1n) is 7.85. The minimum atomic E-state index is -0.865. The van der Waals surface area contributed by atoms with Gasteiger partial charge in [-0.1, -0.05) is 25.8 Å². The van der Waals surface area contributed by atoms with E-state index in [1.165, 1.54) is 0 Å². The molecule has 1 saturated carbocycles. The third-order valence-corrected chi connectivity index (χ3v) is 4.71. The van der Waals surface area contributed by atoms with Gasteiger partial charge in [-0.15, -0.1) is 0 Å². The maximum atomic E-state index is 12.5. The molecule has 1 aromatic carbocycles. The Kier molecular flexibility index (Phi) is 5.62. The molecule has 0 bridgehead atoms. The van der Waals surface area contributed by atoms with E-state index < -0.39 is 5.41 Å². The van der Waals surface area contributed by atoms with Crippen molar-refractivity contribution >= 4 is 33.4 Å². The van der Waals surface area contributed by atoms with Crippen LogP contribution in [0.15, 0.2) is 22.7 Å². The fourth-order valence-corrected chi connectivity index (χ4v) is 2.98. The number of hydrogen-bond acceptors (Lipinski definition) is 2. The van der Waals surface area contributed by atoms with Crippen molar-refractivity contribution in [1.82, 2.24) is 5.32 Å². The molecule has 0 spiro atoms. The topological polar surface area (TPSA) is 58.2 Å². The second-order valence-electron chi connectivity index (χ2n) is 5.98. The van der Waals surface area contributed by atoms with Crippen LogP contribution < -0.4 is 10.6 Å². The number of nitrogens with one attached hydrogen (secondary N) is 2. The van der Waals surface area contributed by atoms with Crippen molar-refractivity contribution in [2.24, 2.45) is 5.41 Å². The fourth-order valence-electron chi connectivity index (χ4n) is 2.39. The van der Waals surface area contributed by atoms with E-state index in [-0.39, 0.29) is 11.8 Å². The largest absolute Gasteiger partial charge is 0.355 e. The van der Waals surface area contributed by atoms with Crippen LogP contribution >= 0.6 is 15.9 Å². The van der Waals surface area contributed by atoms with Crippen LogP contribution in [0.25, 0.3) is 0 Å². The summed E-state index contributed by atoms with van der Waals surface area (Å²) in [7, 11) is 0. The molecule has 0 saturated heterocycles. The summed E-state index contributed by atoms with van der Waals surface area (Å²) in [6.07, 6.45) is 4.42. The van der Waals surface area contributed by atoms with E-state index in [9.17, 15) is 9.59 Å². The maximum Gasteiger partial charge on any atom is 0.240 e. The molecule has 1 fully saturated rings. The summed E-state index contributed by atoms with van der Waals surface area (Å²) in [6, 6.07) is 5.73. The molecule has 0 atom stereocenters. The molecule has 120 valence electrons. The summed E-state index contributed by atoms with van der Waals surface area (Å²) >= 11 is 3.44. The molecule has 2 rings (SSSR count). The van der Waals surface area contributed by atoms with E-state index in [1.54, 1.807) is 0 Å². The summed E-state index contributed by atoms with van der Waals surface area (Å²) in [5.74, 6) is -0.339. The number of halogens is 1. The lowest BCUT2D eigenvalue weighted by Gasteiger charge is -2.16. The van der Waals surface area contributed by atoms with Crippen LogP contribution in [-0.4, -0.2) is 18.4 Å². The van der Waals surface area contributed by atoms with Gasteiger partial charge in [0, 0.05) is 11.0 Å². The highest BCUT2D eigenvalue weighted by atomic mass is 79.9. The first-order chi connectivity index (χ1) is 10.5. The summed E-state index contributed by atoms with van der Waals surface area (Å²) in [6.45, 7) is 4.76. The molecule has 4 nitrogen and oxygen atoms in total. The molecule has 0 unspecified atom stereocenters. The number of aryl methyl sites for hydroxylation is 1. The molecule has 1 aromatic rings. The number of anilines is 1. The van der Waals surface area contributed by atoms with Crippen molar-refractivity contribution in [3.8, 4) is 0 Å².